The van der Waals surface area contributed by atoms with Crippen molar-refractivity contribution in [1.82, 2.24) is 0 Å². The van der Waals surface area contributed by atoms with Gasteiger partial charge in [0.2, 0.25) is 0 Å². The summed E-state index contributed by atoms with van der Waals surface area (Å²) in [5.74, 6) is 1.42. The summed E-state index contributed by atoms with van der Waals surface area (Å²) >= 11 is 0. The Morgan fingerprint density at radius 1 is 0.574 bits per heavy atom. The molecule has 0 aliphatic heterocycles. The van der Waals surface area contributed by atoms with Crippen LogP contribution in [0.2, 0.25) is 0 Å². The molecule has 0 amide bonds. The van der Waals surface area contributed by atoms with Crippen molar-refractivity contribution in [2.24, 2.45) is 25.0 Å². The lowest BCUT2D eigenvalue weighted by Crippen LogP contribution is -2.30. The van der Waals surface area contributed by atoms with E-state index >= 15 is 0 Å². The molecule has 0 radical (unpaired) electrons. The Morgan fingerprint density at radius 2 is 1.13 bits per heavy atom. The molecule has 1 aliphatic carbocycles. The molecular formula is C63H69N5. The van der Waals surface area contributed by atoms with Crippen LogP contribution in [0.1, 0.15) is 115 Å². The zero-order valence-electron chi connectivity index (χ0n) is 41.0. The quantitative estimate of drug-likeness (QED) is 0.0666. The average Bonchev–Trinajstić information content (AvgIpc) is 3.41. The molecule has 5 nitrogen and oxygen atoms in total. The van der Waals surface area contributed by atoms with Gasteiger partial charge in [-0.15, -0.1) is 13.2 Å². The Balaban J connectivity index is 0.000000585. The third-order valence-electron chi connectivity index (χ3n) is 12.2. The van der Waals surface area contributed by atoms with Crippen molar-refractivity contribution < 1.29 is 0 Å². The van der Waals surface area contributed by atoms with Gasteiger partial charge < -0.3 is 0 Å². The molecule has 0 aromatic heterocycles. The summed E-state index contributed by atoms with van der Waals surface area (Å²) in [4.78, 5) is 23.3. The average molecular weight is 896 g/mol. The second kappa shape index (κ2) is 27.3. The van der Waals surface area contributed by atoms with E-state index in [1.165, 1.54) is 69.0 Å². The molecule has 0 unspecified atom stereocenters. The summed E-state index contributed by atoms with van der Waals surface area (Å²) in [6, 6.07) is 59.7. The maximum absolute atomic E-state index is 5.14. The molecule has 0 atom stereocenters. The lowest BCUT2D eigenvalue weighted by atomic mass is 9.65. The zero-order chi connectivity index (χ0) is 48.6. The fourth-order valence-corrected chi connectivity index (χ4v) is 8.86. The van der Waals surface area contributed by atoms with Gasteiger partial charge in [-0.2, -0.15) is 0 Å². The van der Waals surface area contributed by atoms with Crippen LogP contribution in [0.25, 0.3) is 16.8 Å². The van der Waals surface area contributed by atoms with Crippen molar-refractivity contribution in [1.29, 1.82) is 0 Å². The minimum absolute atomic E-state index is 0.0322. The van der Waals surface area contributed by atoms with E-state index in [1.54, 1.807) is 0 Å². The summed E-state index contributed by atoms with van der Waals surface area (Å²) in [6.07, 6.45) is 10.2. The van der Waals surface area contributed by atoms with E-state index < -0.39 is 0 Å². The number of hydrogen-bond acceptors (Lipinski definition) is 3. The highest BCUT2D eigenvalue weighted by Gasteiger charge is 2.35. The van der Waals surface area contributed by atoms with Gasteiger partial charge in [-0.05, 0) is 96.8 Å². The second-order valence-electron chi connectivity index (χ2n) is 16.5. The SMILES string of the molecule is C=C.C=NC(=NCc1cccc(C)c1/C=C\C)c1ccc(C2(c3ccc(CN=C(N=C(C)c4cccc5ccccc45)c4ccccc4)cc3)CCCCC2)cc1.C=NCc1ccccc1.CC. The molecule has 68 heavy (non-hydrogen) atoms. The minimum atomic E-state index is -0.0322. The van der Waals surface area contributed by atoms with Gasteiger partial charge >= 0.3 is 0 Å². The van der Waals surface area contributed by atoms with E-state index in [0.29, 0.717) is 18.9 Å². The standard InChI is InChI=1S/C51H50N4.C8H9N.C2H6.C2H4/c1-5-16-46-37(2)17-14-22-43(46)36-54-49(52-4)42-27-31-45(32-28-42)51(33-12-7-13-34-51)44-29-25-39(26-30-44)35-53-50(41-19-8-6-9-20-41)55-38(3)47-24-15-21-40-18-10-11-23-48(40)47;1-9-7-8-5-3-2-4-6-8;2*1-2/h5-6,8-11,14-32H,4,7,12-13,33-36H2,1-3H3;2-6H,1,7H2;1-2H3;1-2H2/b16-5-,53-50?,54-49?,55-38?;;;. The van der Waals surface area contributed by atoms with Crippen LogP contribution in [0.15, 0.2) is 214 Å². The molecule has 7 aromatic rings. The van der Waals surface area contributed by atoms with Crippen LogP contribution in [-0.2, 0) is 25.0 Å². The number of aliphatic imine (C=N–C) groups is 5. The molecule has 8 rings (SSSR count). The Bertz CT molecular complexity index is 2770. The largest absolute Gasteiger partial charge is 0.296 e. The number of nitrogens with zero attached hydrogens (tertiary/aromatic N) is 5. The van der Waals surface area contributed by atoms with Gasteiger partial charge in [0.25, 0.3) is 0 Å². The smallest absolute Gasteiger partial charge is 0.155 e. The number of aryl methyl sites for hydroxylation is 1. The first-order valence-corrected chi connectivity index (χ1v) is 23.9. The number of fused-ring (bicyclic) bond motifs is 1. The van der Waals surface area contributed by atoms with E-state index in [9.17, 15) is 0 Å². The van der Waals surface area contributed by atoms with Gasteiger partial charge in [0, 0.05) is 27.8 Å². The summed E-state index contributed by atoms with van der Waals surface area (Å²) < 4.78 is 0. The summed E-state index contributed by atoms with van der Waals surface area (Å²) in [5, 5.41) is 2.41. The van der Waals surface area contributed by atoms with Gasteiger partial charge in [-0.3, -0.25) is 15.0 Å². The third kappa shape index (κ3) is 13.6. The van der Waals surface area contributed by atoms with E-state index in [1.807, 2.05) is 69.3 Å². The van der Waals surface area contributed by atoms with Crippen LogP contribution in [-0.4, -0.2) is 30.8 Å². The van der Waals surface area contributed by atoms with Crippen molar-refractivity contribution >= 4 is 47.7 Å². The Kier molecular flexibility index (Phi) is 20.7. The molecule has 7 aromatic carbocycles. The number of benzene rings is 7. The van der Waals surface area contributed by atoms with Crippen molar-refractivity contribution in [2.45, 2.75) is 91.8 Å². The molecule has 346 valence electrons. The van der Waals surface area contributed by atoms with Crippen LogP contribution in [0.5, 0.6) is 0 Å². The lowest BCUT2D eigenvalue weighted by Gasteiger charge is -2.39. The van der Waals surface area contributed by atoms with E-state index in [4.69, 9.17) is 15.0 Å². The Labute approximate surface area is 407 Å². The normalized spacial score (nSPS) is 13.5. The molecule has 0 saturated heterocycles. The highest BCUT2D eigenvalue weighted by atomic mass is 14.9. The van der Waals surface area contributed by atoms with Crippen molar-refractivity contribution in [2.75, 3.05) is 0 Å². The number of rotatable bonds is 12. The lowest BCUT2D eigenvalue weighted by molar-refractivity contribution is 0.346. The first-order chi connectivity index (χ1) is 33.4. The minimum Gasteiger partial charge on any atom is -0.296 e. The molecule has 5 heteroatoms. The Morgan fingerprint density at radius 3 is 1.78 bits per heavy atom. The number of amidine groups is 2. The fourth-order valence-electron chi connectivity index (χ4n) is 8.86. The van der Waals surface area contributed by atoms with Crippen LogP contribution in [0.3, 0.4) is 0 Å². The highest BCUT2D eigenvalue weighted by molar-refractivity contribution is 6.16. The zero-order valence-corrected chi connectivity index (χ0v) is 41.0. The van der Waals surface area contributed by atoms with Crippen molar-refractivity contribution in [3.8, 4) is 0 Å². The van der Waals surface area contributed by atoms with Crippen LogP contribution >= 0.6 is 0 Å². The first kappa shape index (κ1) is 51.6. The van der Waals surface area contributed by atoms with Gasteiger partial charge in [0.1, 0.15) is 0 Å². The van der Waals surface area contributed by atoms with Gasteiger partial charge in [-0.1, -0.05) is 215 Å². The van der Waals surface area contributed by atoms with Gasteiger partial charge in [0.05, 0.1) is 19.6 Å². The van der Waals surface area contributed by atoms with E-state index in [0.717, 1.165) is 47.6 Å². The third-order valence-corrected chi connectivity index (χ3v) is 12.2. The highest BCUT2D eigenvalue weighted by Crippen LogP contribution is 2.45. The topological polar surface area (TPSA) is 61.8 Å². The Hall–Kier alpha value is -7.37. The molecule has 1 fully saturated rings. The molecule has 0 heterocycles. The summed E-state index contributed by atoms with van der Waals surface area (Å²) in [5.41, 5.74) is 12.8. The molecule has 1 aliphatic rings. The molecule has 0 N–H and O–H groups in total. The van der Waals surface area contributed by atoms with E-state index in [-0.39, 0.29) is 5.41 Å². The van der Waals surface area contributed by atoms with Crippen molar-refractivity contribution in [3.63, 3.8) is 0 Å². The monoisotopic (exact) mass is 896 g/mol. The van der Waals surface area contributed by atoms with Crippen LogP contribution < -0.4 is 0 Å². The van der Waals surface area contributed by atoms with Crippen LogP contribution in [0.4, 0.5) is 0 Å². The maximum Gasteiger partial charge on any atom is 0.155 e. The summed E-state index contributed by atoms with van der Waals surface area (Å²) in [6.45, 7) is 25.4. The number of allylic oxidation sites excluding steroid dienone is 1. The van der Waals surface area contributed by atoms with Gasteiger partial charge in [0.15, 0.2) is 11.7 Å². The van der Waals surface area contributed by atoms with Crippen LogP contribution in [0, 0.1) is 6.92 Å². The number of hydrogen-bond donors (Lipinski definition) is 0. The molecule has 1 saturated carbocycles. The van der Waals surface area contributed by atoms with E-state index in [2.05, 4.69) is 184 Å². The second-order valence-corrected chi connectivity index (χ2v) is 16.5. The first-order valence-electron chi connectivity index (χ1n) is 23.9. The predicted molar refractivity (Wildman–Crippen MR) is 298 cm³/mol. The predicted octanol–water partition coefficient (Wildman–Crippen LogP) is 16.3. The van der Waals surface area contributed by atoms with Gasteiger partial charge in [-0.25, -0.2) is 9.98 Å². The molecular weight excluding hydrogens is 827 g/mol. The van der Waals surface area contributed by atoms with Crippen molar-refractivity contribution in [3.05, 3.63) is 245 Å². The summed E-state index contributed by atoms with van der Waals surface area (Å²) in [7, 11) is 0. The fraction of sp³-hybridized carbons (Fsp3) is 0.222. The molecule has 0 bridgehead atoms. The molecule has 0 spiro atoms. The maximum atomic E-state index is 5.14.